The van der Waals surface area contributed by atoms with Gasteiger partial charge in [0.25, 0.3) is 5.91 Å². The van der Waals surface area contributed by atoms with Crippen molar-refractivity contribution < 1.29 is 19.6 Å². The van der Waals surface area contributed by atoms with Crippen LogP contribution in [0.3, 0.4) is 0 Å². The minimum Gasteiger partial charge on any atom is -0.490 e. The van der Waals surface area contributed by atoms with Crippen LogP contribution < -0.4 is 10.1 Å². The highest BCUT2D eigenvalue weighted by molar-refractivity contribution is 5.98. The Hall–Kier alpha value is -2.15. The van der Waals surface area contributed by atoms with E-state index in [0.717, 1.165) is 12.8 Å². The number of hydrogen-bond donors (Lipinski definition) is 2. The number of amides is 1. The number of nitrogens with one attached hydrogen (secondary N) is 1. The summed E-state index contributed by atoms with van der Waals surface area (Å²) in [5.74, 6) is -0.530. The molecule has 0 bridgehead atoms. The number of hydrogen-bond acceptors (Lipinski definition) is 5. The van der Waals surface area contributed by atoms with Gasteiger partial charge in [0, 0.05) is 6.07 Å². The number of ether oxygens (including phenoxy) is 1. The first-order valence-electron chi connectivity index (χ1n) is 6.78. The van der Waals surface area contributed by atoms with E-state index < -0.39 is 16.4 Å². The van der Waals surface area contributed by atoms with E-state index in [1.165, 1.54) is 25.3 Å². The largest absolute Gasteiger partial charge is 0.490 e. The minimum absolute atomic E-state index is 0.0638. The molecular weight excluding hydrogens is 276 g/mol. The lowest BCUT2D eigenvalue weighted by atomic mass is 9.98. The molecule has 2 N–H and O–H groups in total. The number of nitrogens with zero attached hydrogens (tertiary/aromatic N) is 1. The molecule has 1 aliphatic carbocycles. The second-order valence-corrected chi connectivity index (χ2v) is 5.21. The van der Waals surface area contributed by atoms with Gasteiger partial charge in [0.05, 0.1) is 29.7 Å². The number of benzene rings is 1. The highest BCUT2D eigenvalue weighted by Gasteiger charge is 2.36. The molecule has 1 fully saturated rings. The summed E-state index contributed by atoms with van der Waals surface area (Å²) in [6.45, 7) is -0.143. The number of rotatable bonds is 5. The molecule has 0 atom stereocenters. The van der Waals surface area contributed by atoms with Gasteiger partial charge in [-0.2, -0.15) is 0 Å². The van der Waals surface area contributed by atoms with Gasteiger partial charge in [-0.25, -0.2) is 0 Å². The molecule has 7 nitrogen and oxygen atoms in total. The van der Waals surface area contributed by atoms with Crippen molar-refractivity contribution in [2.45, 2.75) is 31.2 Å². The Morgan fingerprint density at radius 3 is 2.67 bits per heavy atom. The van der Waals surface area contributed by atoms with E-state index in [9.17, 15) is 20.0 Å². The lowest BCUT2D eigenvalue weighted by Crippen LogP contribution is -2.49. The van der Waals surface area contributed by atoms with Gasteiger partial charge in [-0.3, -0.25) is 14.9 Å². The Morgan fingerprint density at radius 1 is 1.48 bits per heavy atom. The van der Waals surface area contributed by atoms with Crippen LogP contribution in [0.15, 0.2) is 18.2 Å². The maximum absolute atomic E-state index is 12.4. The third-order valence-electron chi connectivity index (χ3n) is 3.88. The monoisotopic (exact) mass is 294 g/mol. The van der Waals surface area contributed by atoms with Crippen LogP contribution >= 0.6 is 0 Å². The number of aliphatic hydroxyl groups is 1. The molecule has 0 unspecified atom stereocenters. The van der Waals surface area contributed by atoms with Crippen molar-refractivity contribution >= 4 is 11.6 Å². The fourth-order valence-electron chi connectivity index (χ4n) is 2.74. The van der Waals surface area contributed by atoms with Crippen molar-refractivity contribution in [2.75, 3.05) is 13.7 Å². The first-order chi connectivity index (χ1) is 10.0. The van der Waals surface area contributed by atoms with E-state index in [0.29, 0.717) is 12.8 Å². The topological polar surface area (TPSA) is 102 Å². The third-order valence-corrected chi connectivity index (χ3v) is 3.88. The Balaban J connectivity index is 2.31. The first-order valence-corrected chi connectivity index (χ1v) is 6.78. The minimum atomic E-state index is -0.632. The van der Waals surface area contributed by atoms with Crippen LogP contribution in [0.5, 0.6) is 5.75 Å². The van der Waals surface area contributed by atoms with Crippen molar-refractivity contribution in [1.29, 1.82) is 0 Å². The van der Waals surface area contributed by atoms with Crippen LogP contribution in [-0.2, 0) is 0 Å². The van der Waals surface area contributed by atoms with Crippen molar-refractivity contribution in [3.63, 3.8) is 0 Å². The molecule has 114 valence electrons. The molecule has 0 heterocycles. The van der Waals surface area contributed by atoms with Gasteiger partial charge < -0.3 is 15.2 Å². The van der Waals surface area contributed by atoms with Crippen molar-refractivity contribution in [2.24, 2.45) is 0 Å². The maximum atomic E-state index is 12.4. The van der Waals surface area contributed by atoms with Crippen molar-refractivity contribution in [1.82, 2.24) is 5.32 Å². The molecule has 0 aromatic heterocycles. The normalized spacial score (nSPS) is 16.5. The fraction of sp³-hybridized carbons (Fsp3) is 0.500. The second kappa shape index (κ2) is 6.09. The van der Waals surface area contributed by atoms with E-state index in [1.54, 1.807) is 0 Å². The molecule has 1 saturated carbocycles. The molecule has 1 aromatic rings. The Morgan fingerprint density at radius 2 is 2.14 bits per heavy atom. The van der Waals surface area contributed by atoms with Gasteiger partial charge in [0.1, 0.15) is 0 Å². The van der Waals surface area contributed by atoms with Gasteiger partial charge in [-0.1, -0.05) is 18.9 Å². The summed E-state index contributed by atoms with van der Waals surface area (Å²) >= 11 is 0. The number of aliphatic hydroxyl groups excluding tert-OH is 1. The highest BCUT2D eigenvalue weighted by Crippen LogP contribution is 2.33. The van der Waals surface area contributed by atoms with Crippen LogP contribution in [-0.4, -0.2) is 35.2 Å². The number of carbonyl (C=O) groups excluding carboxylic acids is 1. The number of para-hydroxylation sites is 1. The average molecular weight is 294 g/mol. The molecule has 2 rings (SSSR count). The van der Waals surface area contributed by atoms with E-state index in [1.807, 2.05) is 0 Å². The van der Waals surface area contributed by atoms with Gasteiger partial charge in [0.15, 0.2) is 0 Å². The fourth-order valence-corrected chi connectivity index (χ4v) is 2.74. The van der Waals surface area contributed by atoms with Gasteiger partial charge >= 0.3 is 5.69 Å². The zero-order valence-corrected chi connectivity index (χ0v) is 11.8. The average Bonchev–Trinajstić information content (AvgIpc) is 2.95. The number of nitro benzene ring substituents is 1. The van der Waals surface area contributed by atoms with Gasteiger partial charge in [-0.05, 0) is 18.9 Å². The quantitative estimate of drug-likeness (QED) is 0.635. The molecular formula is C14H18N2O5. The molecule has 0 radical (unpaired) electrons. The van der Waals surface area contributed by atoms with Crippen LogP contribution in [0.4, 0.5) is 5.69 Å². The predicted octanol–water partition coefficient (Wildman–Crippen LogP) is 1.64. The molecule has 0 saturated heterocycles. The standard InChI is InChI=1S/C14H18N2O5/c1-21-12-10(5-4-6-11(12)16(19)20)13(18)15-14(9-17)7-2-3-8-14/h4-6,17H,2-3,7-9H2,1H3,(H,15,18). The molecule has 1 aliphatic rings. The van der Waals surface area contributed by atoms with E-state index >= 15 is 0 Å². The van der Waals surface area contributed by atoms with Crippen molar-refractivity contribution in [3.05, 3.63) is 33.9 Å². The summed E-state index contributed by atoms with van der Waals surface area (Å²) in [7, 11) is 1.29. The molecule has 1 aromatic carbocycles. The van der Waals surface area contributed by atoms with E-state index in [2.05, 4.69) is 5.32 Å². The summed E-state index contributed by atoms with van der Waals surface area (Å²) in [4.78, 5) is 22.8. The Kier molecular flexibility index (Phi) is 4.42. The second-order valence-electron chi connectivity index (χ2n) is 5.21. The van der Waals surface area contributed by atoms with Crippen LogP contribution in [0.2, 0.25) is 0 Å². The maximum Gasteiger partial charge on any atom is 0.311 e. The summed E-state index contributed by atoms with van der Waals surface area (Å²) in [6.07, 6.45) is 3.28. The molecule has 1 amide bonds. The highest BCUT2D eigenvalue weighted by atomic mass is 16.6. The molecule has 7 heteroatoms. The zero-order chi connectivity index (χ0) is 15.5. The molecule has 0 aliphatic heterocycles. The zero-order valence-electron chi connectivity index (χ0n) is 11.8. The van der Waals surface area contributed by atoms with Gasteiger partial charge in [-0.15, -0.1) is 0 Å². The lowest BCUT2D eigenvalue weighted by Gasteiger charge is -2.28. The summed E-state index contributed by atoms with van der Waals surface area (Å²) in [5.41, 5.74) is -0.784. The number of methoxy groups -OCH3 is 1. The molecule has 21 heavy (non-hydrogen) atoms. The summed E-state index contributed by atoms with van der Waals surface area (Å²) in [6, 6.07) is 4.20. The van der Waals surface area contributed by atoms with E-state index in [-0.39, 0.29) is 23.6 Å². The van der Waals surface area contributed by atoms with E-state index in [4.69, 9.17) is 4.74 Å². The van der Waals surface area contributed by atoms with Crippen molar-refractivity contribution in [3.8, 4) is 5.75 Å². The Labute approximate surface area is 122 Å². The summed E-state index contributed by atoms with van der Waals surface area (Å²) in [5, 5.41) is 23.3. The smallest absolute Gasteiger partial charge is 0.311 e. The van der Waals surface area contributed by atoms with Crippen LogP contribution in [0.25, 0.3) is 0 Å². The van der Waals surface area contributed by atoms with Gasteiger partial charge in [0.2, 0.25) is 5.75 Å². The third kappa shape index (κ3) is 2.97. The number of nitro groups is 1. The van der Waals surface area contributed by atoms with Crippen LogP contribution in [0, 0.1) is 10.1 Å². The SMILES string of the molecule is COc1c(C(=O)NC2(CO)CCCC2)cccc1[N+](=O)[O-]. The van der Waals surface area contributed by atoms with Crippen LogP contribution in [0.1, 0.15) is 36.0 Å². The number of carbonyl (C=O) groups is 1. The Bertz CT molecular complexity index is 552. The lowest BCUT2D eigenvalue weighted by molar-refractivity contribution is -0.385. The molecule has 0 spiro atoms. The first kappa shape index (κ1) is 15.2. The predicted molar refractivity (Wildman–Crippen MR) is 75.4 cm³/mol. The summed E-state index contributed by atoms with van der Waals surface area (Å²) < 4.78 is 5.02.